The van der Waals surface area contributed by atoms with Crippen molar-refractivity contribution in [2.24, 2.45) is 0 Å². The zero-order valence-corrected chi connectivity index (χ0v) is 18.4. The summed E-state index contributed by atoms with van der Waals surface area (Å²) in [6.07, 6.45) is 2.93. The lowest BCUT2D eigenvalue weighted by molar-refractivity contribution is -0.130. The average molecular weight is 399 g/mol. The normalized spacial score (nSPS) is 10.5. The van der Waals surface area contributed by atoms with Crippen LogP contribution in [0.15, 0.2) is 78.4 Å². The number of hydrogen-bond donors (Lipinski definition) is 0. The summed E-state index contributed by atoms with van der Waals surface area (Å²) in [4.78, 5) is 13.0. The van der Waals surface area contributed by atoms with E-state index in [0.29, 0.717) is 11.3 Å². The fourth-order valence-corrected chi connectivity index (χ4v) is 3.49. The van der Waals surface area contributed by atoms with E-state index in [2.05, 4.69) is 69.3 Å². The summed E-state index contributed by atoms with van der Waals surface area (Å²) in [6, 6.07) is 24.6. The molecule has 0 heterocycles. The smallest absolute Gasteiger partial charge is 0.339 e. The van der Waals surface area contributed by atoms with Gasteiger partial charge in [-0.1, -0.05) is 81.4 Å². The molecular formula is C28H30O2. The van der Waals surface area contributed by atoms with Crippen molar-refractivity contribution in [3.05, 3.63) is 106 Å². The van der Waals surface area contributed by atoms with Crippen LogP contribution in [0, 0.1) is 0 Å². The highest BCUT2D eigenvalue weighted by molar-refractivity contribution is 6.02. The van der Waals surface area contributed by atoms with Crippen molar-refractivity contribution in [3.63, 3.8) is 0 Å². The first-order valence-electron chi connectivity index (χ1n) is 10.8. The maximum Gasteiger partial charge on any atom is 0.339 e. The Morgan fingerprint density at radius 2 is 1.00 bits per heavy atom. The van der Waals surface area contributed by atoms with Crippen molar-refractivity contribution in [1.82, 2.24) is 0 Å². The Bertz CT molecular complexity index is 958. The van der Waals surface area contributed by atoms with Crippen LogP contribution in [0.4, 0.5) is 0 Å². The fraction of sp³-hybridized carbons (Fsp3) is 0.250. The van der Waals surface area contributed by atoms with Crippen molar-refractivity contribution in [2.45, 2.75) is 47.0 Å². The van der Waals surface area contributed by atoms with E-state index < -0.39 is 0 Å². The van der Waals surface area contributed by atoms with Gasteiger partial charge in [-0.05, 0) is 71.7 Å². The predicted molar refractivity (Wildman–Crippen MR) is 125 cm³/mol. The minimum Gasteiger partial charge on any atom is -0.423 e. The molecule has 0 saturated carbocycles. The zero-order valence-electron chi connectivity index (χ0n) is 18.4. The molecule has 0 fully saturated rings. The molecule has 0 aromatic heterocycles. The topological polar surface area (TPSA) is 26.3 Å². The van der Waals surface area contributed by atoms with Crippen LogP contribution in [0.1, 0.15) is 55.5 Å². The molecule has 0 N–H and O–H groups in total. The molecule has 0 spiro atoms. The van der Waals surface area contributed by atoms with Crippen molar-refractivity contribution in [3.8, 4) is 5.75 Å². The summed E-state index contributed by atoms with van der Waals surface area (Å²) in [6.45, 7) is 8.23. The van der Waals surface area contributed by atoms with E-state index >= 15 is 0 Å². The Morgan fingerprint density at radius 3 is 1.37 bits per heavy atom. The molecule has 30 heavy (non-hydrogen) atoms. The van der Waals surface area contributed by atoms with Crippen LogP contribution in [0.3, 0.4) is 0 Å². The lowest BCUT2D eigenvalue weighted by atomic mass is 9.92. The average Bonchev–Trinajstić information content (AvgIpc) is 2.80. The van der Waals surface area contributed by atoms with Gasteiger partial charge in [0.05, 0.1) is 0 Å². The highest BCUT2D eigenvalue weighted by Crippen LogP contribution is 2.29. The van der Waals surface area contributed by atoms with Gasteiger partial charge in [0.25, 0.3) is 0 Å². The molecule has 0 aliphatic rings. The lowest BCUT2D eigenvalue weighted by Crippen LogP contribution is -2.12. The monoisotopic (exact) mass is 398 g/mol. The van der Waals surface area contributed by atoms with Gasteiger partial charge in [0.15, 0.2) is 0 Å². The van der Waals surface area contributed by atoms with E-state index in [1.54, 1.807) is 0 Å². The summed E-state index contributed by atoms with van der Waals surface area (Å²) in [7, 11) is 0. The van der Waals surface area contributed by atoms with Crippen LogP contribution in [-0.4, -0.2) is 5.97 Å². The van der Waals surface area contributed by atoms with E-state index in [1.165, 1.54) is 16.7 Å². The Labute approximate surface area is 180 Å². The van der Waals surface area contributed by atoms with Gasteiger partial charge in [-0.2, -0.15) is 0 Å². The zero-order chi connectivity index (χ0) is 21.5. The molecule has 2 heteroatoms. The molecule has 0 atom stereocenters. The maximum absolute atomic E-state index is 13.0. The van der Waals surface area contributed by atoms with E-state index in [9.17, 15) is 4.79 Å². The number of ether oxygens (including phenoxy) is 1. The Morgan fingerprint density at radius 1 is 0.633 bits per heavy atom. The first-order chi connectivity index (χ1) is 14.5. The Hall–Kier alpha value is -3.13. The van der Waals surface area contributed by atoms with Crippen LogP contribution < -0.4 is 4.74 Å². The number of hydrogen-bond acceptors (Lipinski definition) is 2. The fourth-order valence-electron chi connectivity index (χ4n) is 3.49. The Balaban J connectivity index is 2.00. The molecule has 0 unspecified atom stereocenters. The van der Waals surface area contributed by atoms with Crippen LogP contribution in [0.2, 0.25) is 0 Å². The number of rotatable bonds is 7. The summed E-state index contributed by atoms with van der Waals surface area (Å²) in [5, 5.41) is 0. The molecule has 3 aromatic rings. The minimum atomic E-state index is -0.326. The van der Waals surface area contributed by atoms with Gasteiger partial charge in [-0.15, -0.1) is 0 Å². The van der Waals surface area contributed by atoms with Gasteiger partial charge in [-0.3, -0.25) is 0 Å². The quantitative estimate of drug-likeness (QED) is 0.248. The summed E-state index contributed by atoms with van der Waals surface area (Å²) >= 11 is 0. The molecule has 0 saturated heterocycles. The van der Waals surface area contributed by atoms with Crippen LogP contribution in [-0.2, 0) is 24.1 Å². The molecule has 3 rings (SSSR count). The molecule has 0 bridgehead atoms. The van der Waals surface area contributed by atoms with Gasteiger partial charge in [0.1, 0.15) is 5.75 Å². The largest absolute Gasteiger partial charge is 0.423 e. The molecule has 0 aliphatic carbocycles. The summed E-state index contributed by atoms with van der Waals surface area (Å²) < 4.78 is 5.69. The lowest BCUT2D eigenvalue weighted by Gasteiger charge is -2.14. The van der Waals surface area contributed by atoms with Crippen molar-refractivity contribution < 1.29 is 9.53 Å². The third-order valence-electron chi connectivity index (χ3n) is 5.53. The van der Waals surface area contributed by atoms with Crippen LogP contribution >= 0.6 is 0 Å². The first kappa shape index (κ1) is 21.6. The molecule has 0 aliphatic heterocycles. The van der Waals surface area contributed by atoms with Crippen molar-refractivity contribution >= 4 is 11.5 Å². The number of aryl methyl sites for hydroxylation is 3. The molecule has 0 radical (unpaired) electrons. The molecule has 154 valence electrons. The number of carbonyl (C=O) groups excluding carboxylic acids is 1. The van der Waals surface area contributed by atoms with Crippen molar-refractivity contribution in [2.75, 3.05) is 0 Å². The van der Waals surface area contributed by atoms with Gasteiger partial charge in [0.2, 0.25) is 0 Å². The molecule has 0 amide bonds. The predicted octanol–water partition coefficient (Wildman–Crippen LogP) is 6.80. The second-order valence-electron chi connectivity index (χ2n) is 7.49. The number of carbonyl (C=O) groups is 1. The van der Waals surface area contributed by atoms with Crippen LogP contribution in [0.5, 0.6) is 5.75 Å². The van der Waals surface area contributed by atoms with Gasteiger partial charge in [-0.25, -0.2) is 4.79 Å². The van der Waals surface area contributed by atoms with Crippen molar-refractivity contribution in [1.29, 1.82) is 0 Å². The summed E-state index contributed by atoms with van der Waals surface area (Å²) in [5.41, 5.74) is 7.32. The van der Waals surface area contributed by atoms with E-state index in [0.717, 1.165) is 36.0 Å². The summed E-state index contributed by atoms with van der Waals surface area (Å²) in [5.74, 6) is 0.243. The Kier molecular flexibility index (Phi) is 7.24. The minimum absolute atomic E-state index is 0.326. The van der Waals surface area contributed by atoms with Gasteiger partial charge >= 0.3 is 5.97 Å². The first-order valence-corrected chi connectivity index (χ1v) is 10.8. The third kappa shape index (κ3) is 5.07. The number of esters is 1. The van der Waals surface area contributed by atoms with Crippen LogP contribution in [0.25, 0.3) is 5.57 Å². The molecule has 3 aromatic carbocycles. The van der Waals surface area contributed by atoms with Gasteiger partial charge in [0, 0.05) is 5.57 Å². The van der Waals surface area contributed by atoms with E-state index in [-0.39, 0.29) is 5.97 Å². The molecular weight excluding hydrogens is 368 g/mol. The second kappa shape index (κ2) is 10.1. The maximum atomic E-state index is 13.0. The highest BCUT2D eigenvalue weighted by Gasteiger charge is 2.17. The van der Waals surface area contributed by atoms with E-state index in [4.69, 9.17) is 4.74 Å². The standard InChI is InChI=1S/C28H30O2/c1-5-21-8-14-24(15-9-21)27(25-16-10-22(6-2)11-17-25)20(4)28(29)30-26-18-12-23(7-3)13-19-26/h8-19H,5-7H2,1-4H3. The van der Waals surface area contributed by atoms with Gasteiger partial charge < -0.3 is 4.74 Å². The highest BCUT2D eigenvalue weighted by atomic mass is 16.5. The second-order valence-corrected chi connectivity index (χ2v) is 7.49. The third-order valence-corrected chi connectivity index (χ3v) is 5.53. The van der Waals surface area contributed by atoms with E-state index in [1.807, 2.05) is 31.2 Å². The number of benzene rings is 3. The molecule has 2 nitrogen and oxygen atoms in total. The SMILES string of the molecule is CCc1ccc(OC(=O)C(C)=C(c2ccc(CC)cc2)c2ccc(CC)cc2)cc1.